The van der Waals surface area contributed by atoms with Gasteiger partial charge in [-0.1, -0.05) is 181 Å². The lowest BCUT2D eigenvalue weighted by atomic mass is 9.71. The van der Waals surface area contributed by atoms with Gasteiger partial charge in [0, 0.05) is 5.41 Å². The normalized spacial score (nSPS) is 9.18. The Balaban J connectivity index is 0. The van der Waals surface area contributed by atoms with E-state index in [0.29, 0.717) is 0 Å². The fraction of sp³-hybridized carbons (Fsp3) is 0.368. The highest BCUT2D eigenvalue weighted by Crippen LogP contribution is 2.39. The fourth-order valence-corrected chi connectivity index (χ4v) is 3.70. The van der Waals surface area contributed by atoms with Gasteiger partial charge in [0.1, 0.15) is 0 Å². The maximum Gasteiger partial charge on any atom is 0.0423 e. The number of benzene rings is 4. The lowest BCUT2D eigenvalue weighted by molar-refractivity contribution is 0.691. The zero-order chi connectivity index (χ0) is 29.6. The van der Waals surface area contributed by atoms with Crippen LogP contribution in [0, 0.1) is 27.7 Å². The number of hydrogen-bond donors (Lipinski definition) is 0. The Morgan fingerprint density at radius 2 is 0.526 bits per heavy atom. The minimum Gasteiger partial charge on any atom is -0.0683 e. The van der Waals surface area contributed by atoms with Gasteiger partial charge in [-0.25, -0.2) is 0 Å². The third-order valence-corrected chi connectivity index (χ3v) is 5.83. The van der Waals surface area contributed by atoms with Crippen molar-refractivity contribution in [1.82, 2.24) is 0 Å². The van der Waals surface area contributed by atoms with Crippen LogP contribution in [0.5, 0.6) is 0 Å². The summed E-state index contributed by atoms with van der Waals surface area (Å²) in [6, 6.07) is 37.0. The summed E-state index contributed by atoms with van der Waals surface area (Å²) in [5, 5.41) is 0. The Hall–Kier alpha value is -3.12. The van der Waals surface area contributed by atoms with Crippen molar-refractivity contribution in [3.8, 4) is 0 Å². The third-order valence-electron chi connectivity index (χ3n) is 5.83. The summed E-state index contributed by atoms with van der Waals surface area (Å²) in [5.74, 6) is 0. The van der Waals surface area contributed by atoms with Gasteiger partial charge in [-0.15, -0.1) is 0 Å². The Morgan fingerprint density at radius 3 is 0.711 bits per heavy atom. The second-order valence-corrected chi connectivity index (χ2v) is 8.38. The van der Waals surface area contributed by atoms with Gasteiger partial charge in [0.05, 0.1) is 0 Å². The molecule has 0 fully saturated rings. The molecule has 0 N–H and O–H groups in total. The fourth-order valence-electron chi connectivity index (χ4n) is 3.70. The lowest BCUT2D eigenvalue weighted by Crippen LogP contribution is -2.25. The molecule has 4 aromatic carbocycles. The molecule has 0 radical (unpaired) electrons. The van der Waals surface area contributed by atoms with Crippen molar-refractivity contribution < 1.29 is 0 Å². The maximum atomic E-state index is 2.33. The van der Waals surface area contributed by atoms with E-state index in [-0.39, 0.29) is 5.41 Å². The molecule has 38 heavy (non-hydrogen) atoms. The quantitative estimate of drug-likeness (QED) is 0.239. The topological polar surface area (TPSA) is 0 Å². The lowest BCUT2D eigenvalue weighted by Gasteiger charge is -2.32. The van der Waals surface area contributed by atoms with E-state index in [1.54, 1.807) is 0 Å². The van der Waals surface area contributed by atoms with E-state index >= 15 is 0 Å². The monoisotopic (exact) mass is 512 g/mol. The number of aryl methyl sites for hydroxylation is 4. The Kier molecular flexibility index (Phi) is 21.4. The highest BCUT2D eigenvalue weighted by atomic mass is 14.3. The van der Waals surface area contributed by atoms with Crippen LogP contribution in [0.15, 0.2) is 103 Å². The van der Waals surface area contributed by atoms with Crippen LogP contribution < -0.4 is 0 Å². The summed E-state index contributed by atoms with van der Waals surface area (Å²) >= 11 is 0. The van der Waals surface area contributed by atoms with E-state index in [1.165, 1.54) is 38.9 Å². The Morgan fingerprint density at radius 1 is 0.316 bits per heavy atom. The molecule has 0 aromatic heterocycles. The smallest absolute Gasteiger partial charge is 0.0423 e. The summed E-state index contributed by atoms with van der Waals surface area (Å²) < 4.78 is 0. The molecule has 4 rings (SSSR count). The molecule has 0 aliphatic carbocycles. The summed E-state index contributed by atoms with van der Waals surface area (Å²) in [4.78, 5) is 0. The van der Waals surface area contributed by atoms with Crippen molar-refractivity contribution in [2.45, 2.75) is 95.4 Å². The molecule has 0 spiro atoms. The molecule has 0 nitrogen and oxygen atoms in total. The van der Waals surface area contributed by atoms with Crippen LogP contribution in [-0.2, 0) is 5.41 Å². The van der Waals surface area contributed by atoms with Gasteiger partial charge in [-0.3, -0.25) is 0 Å². The molecule has 0 heterocycles. The molecule has 0 aliphatic heterocycles. The highest BCUT2D eigenvalue weighted by Gasteiger charge is 2.30. The van der Waals surface area contributed by atoms with Gasteiger partial charge in [0.2, 0.25) is 0 Å². The second-order valence-electron chi connectivity index (χ2n) is 8.38. The number of rotatable bonds is 3. The van der Waals surface area contributed by atoms with E-state index in [4.69, 9.17) is 0 Å². The van der Waals surface area contributed by atoms with Gasteiger partial charge >= 0.3 is 0 Å². The highest BCUT2D eigenvalue weighted by molar-refractivity contribution is 5.50. The SMILES string of the molecule is CC.CC.CC.CC.Cc1ccc(C(C)(c2ccc(C)cc2)c2ccc(C)cc2)cc1.Cc1ccccc1. The zero-order valence-corrected chi connectivity index (χ0v) is 26.8. The van der Waals surface area contributed by atoms with Crippen molar-refractivity contribution in [1.29, 1.82) is 0 Å². The molecule has 0 bridgehead atoms. The molecule has 0 amide bonds. The summed E-state index contributed by atoms with van der Waals surface area (Å²) in [5.41, 5.74) is 9.05. The number of hydrogen-bond acceptors (Lipinski definition) is 0. The van der Waals surface area contributed by atoms with Gasteiger partial charge in [0.15, 0.2) is 0 Å². The molecule has 0 saturated heterocycles. The van der Waals surface area contributed by atoms with Crippen LogP contribution >= 0.6 is 0 Å². The van der Waals surface area contributed by atoms with Crippen LogP contribution in [0.25, 0.3) is 0 Å². The molecular formula is C38H56. The molecule has 0 saturated carbocycles. The van der Waals surface area contributed by atoms with Crippen molar-refractivity contribution in [2.24, 2.45) is 0 Å². The molecule has 4 aromatic rings. The first-order valence-electron chi connectivity index (χ1n) is 14.6. The Bertz CT molecular complexity index is 927. The molecule has 0 aliphatic rings. The van der Waals surface area contributed by atoms with E-state index in [9.17, 15) is 0 Å². The summed E-state index contributed by atoms with van der Waals surface area (Å²) in [7, 11) is 0. The third kappa shape index (κ3) is 12.0. The largest absolute Gasteiger partial charge is 0.0683 e. The van der Waals surface area contributed by atoms with Crippen LogP contribution in [0.4, 0.5) is 0 Å². The van der Waals surface area contributed by atoms with Crippen LogP contribution in [0.3, 0.4) is 0 Å². The second kappa shape index (κ2) is 21.9. The first-order chi connectivity index (χ1) is 18.4. The van der Waals surface area contributed by atoms with Crippen LogP contribution in [0.2, 0.25) is 0 Å². The van der Waals surface area contributed by atoms with Gasteiger partial charge in [-0.05, 0) is 51.3 Å². The van der Waals surface area contributed by atoms with E-state index in [0.717, 1.165) is 0 Å². The minimum absolute atomic E-state index is 0.144. The van der Waals surface area contributed by atoms with Crippen molar-refractivity contribution >= 4 is 0 Å². The molecule has 0 heteroatoms. The predicted octanol–water partition coefficient (Wildman–Crippen LogP) is 12.1. The predicted molar refractivity (Wildman–Crippen MR) is 176 cm³/mol. The molecular weight excluding hydrogens is 456 g/mol. The van der Waals surface area contributed by atoms with E-state index in [1.807, 2.05) is 73.6 Å². The minimum atomic E-state index is -0.144. The van der Waals surface area contributed by atoms with E-state index < -0.39 is 0 Å². The summed E-state index contributed by atoms with van der Waals surface area (Å²) in [6.45, 7) is 26.8. The Labute approximate surface area is 237 Å². The van der Waals surface area contributed by atoms with Gasteiger partial charge in [0.25, 0.3) is 0 Å². The van der Waals surface area contributed by atoms with E-state index in [2.05, 4.69) is 120 Å². The molecule has 208 valence electrons. The average molecular weight is 513 g/mol. The zero-order valence-electron chi connectivity index (χ0n) is 26.8. The first-order valence-corrected chi connectivity index (χ1v) is 14.6. The van der Waals surface area contributed by atoms with Crippen molar-refractivity contribution in [3.63, 3.8) is 0 Å². The van der Waals surface area contributed by atoms with Gasteiger partial charge in [-0.2, -0.15) is 0 Å². The molecule has 0 atom stereocenters. The summed E-state index contributed by atoms with van der Waals surface area (Å²) in [6.07, 6.45) is 0. The van der Waals surface area contributed by atoms with Gasteiger partial charge < -0.3 is 0 Å². The van der Waals surface area contributed by atoms with Crippen LogP contribution in [-0.4, -0.2) is 0 Å². The van der Waals surface area contributed by atoms with Crippen molar-refractivity contribution in [2.75, 3.05) is 0 Å². The van der Waals surface area contributed by atoms with Crippen LogP contribution in [0.1, 0.15) is 101 Å². The first kappa shape index (κ1) is 37.0. The van der Waals surface area contributed by atoms with Crippen molar-refractivity contribution in [3.05, 3.63) is 142 Å². The maximum absolute atomic E-state index is 2.33. The molecule has 0 unspecified atom stereocenters. The average Bonchev–Trinajstić information content (AvgIpc) is 2.99. The standard InChI is InChI=1S/C23H24.C7H8.4C2H6/c1-17-5-11-20(12-6-17)23(4,21-13-7-18(2)8-14-21)22-15-9-19(3)10-16-22;1-7-5-3-2-4-6-7;4*1-2/h5-16H,1-4H3;2-6H,1H3;4*1-2H3.